The van der Waals surface area contributed by atoms with Crippen molar-refractivity contribution in [2.45, 2.75) is 38.3 Å². The van der Waals surface area contributed by atoms with Gasteiger partial charge < -0.3 is 0 Å². The van der Waals surface area contributed by atoms with E-state index in [9.17, 15) is 4.79 Å². The van der Waals surface area contributed by atoms with Crippen molar-refractivity contribution in [3.63, 3.8) is 0 Å². The van der Waals surface area contributed by atoms with Crippen LogP contribution in [0.5, 0.6) is 0 Å². The first kappa shape index (κ1) is 14.3. The molecule has 3 rings (SSSR count). The topological polar surface area (TPSA) is 42.9 Å². The fourth-order valence-electron chi connectivity index (χ4n) is 2.72. The predicted molar refractivity (Wildman–Crippen MR) is 85.0 cm³/mol. The molecule has 1 aliphatic rings. The van der Waals surface area contributed by atoms with E-state index in [1.165, 1.54) is 29.3 Å². The first-order chi connectivity index (χ1) is 10.1. The number of hydrogen-bond acceptors (Lipinski definition) is 4. The van der Waals surface area contributed by atoms with Crippen LogP contribution in [-0.2, 0) is 12.8 Å². The van der Waals surface area contributed by atoms with E-state index in [1.54, 1.807) is 0 Å². The van der Waals surface area contributed by atoms with Crippen LogP contribution >= 0.6 is 11.8 Å². The molecule has 21 heavy (non-hydrogen) atoms. The lowest BCUT2D eigenvalue weighted by Crippen LogP contribution is -2.04. The minimum absolute atomic E-state index is 0.150. The highest BCUT2D eigenvalue weighted by Crippen LogP contribution is 2.24. The predicted octanol–water partition coefficient (Wildman–Crippen LogP) is 3.56. The van der Waals surface area contributed by atoms with Crippen LogP contribution in [-0.4, -0.2) is 21.5 Å². The van der Waals surface area contributed by atoms with Crippen molar-refractivity contribution in [1.29, 1.82) is 0 Å². The number of carbonyl (C=O) groups excluding carboxylic acids is 1. The Balaban J connectivity index is 1.69. The van der Waals surface area contributed by atoms with Gasteiger partial charge in [-0.2, -0.15) is 0 Å². The molecule has 1 aromatic carbocycles. The van der Waals surface area contributed by atoms with Gasteiger partial charge in [0.15, 0.2) is 10.9 Å². The molecule has 0 fully saturated rings. The number of nitrogens with zero attached hydrogens (tertiary/aromatic N) is 2. The number of rotatable bonds is 4. The third-order valence-corrected chi connectivity index (χ3v) is 4.56. The molecule has 0 radical (unpaired) electrons. The smallest absolute Gasteiger partial charge is 0.188 e. The molecule has 1 aromatic heterocycles. The zero-order valence-electron chi connectivity index (χ0n) is 12.3. The van der Waals surface area contributed by atoms with E-state index < -0.39 is 0 Å². The number of fused-ring (bicyclic) bond motifs is 1. The monoisotopic (exact) mass is 298 g/mol. The Hall–Kier alpha value is -1.68. The number of aryl methyl sites for hydroxylation is 4. The van der Waals surface area contributed by atoms with Crippen molar-refractivity contribution >= 4 is 17.5 Å². The Morgan fingerprint density at radius 2 is 1.81 bits per heavy atom. The van der Waals surface area contributed by atoms with Crippen molar-refractivity contribution in [3.05, 3.63) is 52.3 Å². The number of ketones is 1. The number of thioether (sulfide) groups is 1. The highest BCUT2D eigenvalue weighted by atomic mass is 32.2. The van der Waals surface area contributed by atoms with Crippen molar-refractivity contribution in [1.82, 2.24) is 9.97 Å². The molecule has 0 unspecified atom stereocenters. The highest BCUT2D eigenvalue weighted by molar-refractivity contribution is 7.99. The molecule has 0 spiro atoms. The van der Waals surface area contributed by atoms with Crippen molar-refractivity contribution in [2.24, 2.45) is 0 Å². The average molecular weight is 298 g/mol. The lowest BCUT2D eigenvalue weighted by molar-refractivity contribution is 0.102. The van der Waals surface area contributed by atoms with E-state index in [0.717, 1.165) is 29.8 Å². The summed E-state index contributed by atoms with van der Waals surface area (Å²) in [5.74, 6) is 0.541. The summed E-state index contributed by atoms with van der Waals surface area (Å²) in [6, 6.07) is 8.06. The molecule has 1 heterocycles. The SMILES string of the molecule is Cc1cc(C)nc(SCC(=O)c2ccc3c(c2)CCC3)n1. The van der Waals surface area contributed by atoms with Gasteiger partial charge in [0.1, 0.15) is 0 Å². The van der Waals surface area contributed by atoms with E-state index in [4.69, 9.17) is 0 Å². The highest BCUT2D eigenvalue weighted by Gasteiger charge is 2.14. The van der Waals surface area contributed by atoms with Crippen molar-refractivity contribution in [2.75, 3.05) is 5.75 Å². The quantitative estimate of drug-likeness (QED) is 0.492. The number of benzene rings is 1. The zero-order valence-corrected chi connectivity index (χ0v) is 13.2. The molecular weight excluding hydrogens is 280 g/mol. The second-order valence-corrected chi connectivity index (χ2v) is 6.42. The van der Waals surface area contributed by atoms with Gasteiger partial charge in [-0.3, -0.25) is 4.79 Å². The van der Waals surface area contributed by atoms with E-state index in [0.29, 0.717) is 10.9 Å². The standard InChI is InChI=1S/C17H18N2OS/c1-11-8-12(2)19-17(18-11)21-10-16(20)15-7-6-13-4-3-5-14(13)9-15/h6-9H,3-5,10H2,1-2H3. The largest absolute Gasteiger partial charge is 0.293 e. The molecular formula is C17H18N2OS. The second-order valence-electron chi connectivity index (χ2n) is 5.48. The maximum absolute atomic E-state index is 12.3. The maximum Gasteiger partial charge on any atom is 0.188 e. The first-order valence-corrected chi connectivity index (χ1v) is 8.20. The minimum atomic E-state index is 0.150. The van der Waals surface area contributed by atoms with Crippen LogP contribution in [0.2, 0.25) is 0 Å². The summed E-state index contributed by atoms with van der Waals surface area (Å²) in [6.45, 7) is 3.89. The fourth-order valence-corrected chi connectivity index (χ4v) is 3.56. The Morgan fingerprint density at radius 1 is 1.10 bits per heavy atom. The van der Waals surface area contributed by atoms with E-state index in [-0.39, 0.29) is 5.78 Å². The van der Waals surface area contributed by atoms with Gasteiger partial charge in [0.25, 0.3) is 0 Å². The van der Waals surface area contributed by atoms with Crippen LogP contribution in [0.15, 0.2) is 29.4 Å². The number of Topliss-reactive ketones (excluding diaryl/α,β-unsaturated/α-hetero) is 1. The third kappa shape index (κ3) is 3.32. The summed E-state index contributed by atoms with van der Waals surface area (Å²) in [5, 5.41) is 0.682. The summed E-state index contributed by atoms with van der Waals surface area (Å²) in [6.07, 6.45) is 3.46. The molecule has 108 valence electrons. The molecule has 2 aromatic rings. The molecule has 1 aliphatic carbocycles. The van der Waals surface area contributed by atoms with Gasteiger partial charge in [-0.05, 0) is 56.4 Å². The summed E-state index contributed by atoms with van der Waals surface area (Å²) in [4.78, 5) is 21.0. The van der Waals surface area contributed by atoms with E-state index in [1.807, 2.05) is 26.0 Å². The third-order valence-electron chi connectivity index (χ3n) is 3.71. The first-order valence-electron chi connectivity index (χ1n) is 7.22. The molecule has 4 heteroatoms. The van der Waals surface area contributed by atoms with Gasteiger partial charge in [0.2, 0.25) is 0 Å². The maximum atomic E-state index is 12.3. The Kier molecular flexibility index (Phi) is 4.06. The van der Waals surface area contributed by atoms with Crippen LogP contribution in [0.1, 0.15) is 39.3 Å². The second kappa shape index (κ2) is 5.98. The number of aromatic nitrogens is 2. The summed E-state index contributed by atoms with van der Waals surface area (Å²) < 4.78 is 0. The zero-order chi connectivity index (χ0) is 14.8. The lowest BCUT2D eigenvalue weighted by Gasteiger charge is -2.05. The van der Waals surface area contributed by atoms with E-state index in [2.05, 4.69) is 22.1 Å². The molecule has 0 atom stereocenters. The van der Waals surface area contributed by atoms with Crippen LogP contribution in [0.3, 0.4) is 0 Å². The van der Waals surface area contributed by atoms with Gasteiger partial charge >= 0.3 is 0 Å². The van der Waals surface area contributed by atoms with Crippen LogP contribution in [0, 0.1) is 13.8 Å². The number of carbonyl (C=O) groups is 1. The van der Waals surface area contributed by atoms with Crippen LogP contribution in [0.4, 0.5) is 0 Å². The molecule has 0 saturated carbocycles. The van der Waals surface area contributed by atoms with Gasteiger partial charge in [-0.1, -0.05) is 23.9 Å². The minimum Gasteiger partial charge on any atom is -0.293 e. The number of hydrogen-bond donors (Lipinski definition) is 0. The average Bonchev–Trinajstić information content (AvgIpc) is 2.91. The van der Waals surface area contributed by atoms with Crippen molar-refractivity contribution in [3.8, 4) is 0 Å². The lowest BCUT2D eigenvalue weighted by atomic mass is 10.0. The normalized spacial score (nSPS) is 13.2. The summed E-state index contributed by atoms with van der Waals surface area (Å²) in [5.41, 5.74) is 5.43. The Morgan fingerprint density at radius 3 is 2.57 bits per heavy atom. The fraction of sp³-hybridized carbons (Fsp3) is 0.353. The van der Waals surface area contributed by atoms with Gasteiger partial charge in [-0.25, -0.2) is 9.97 Å². The van der Waals surface area contributed by atoms with Gasteiger partial charge in [-0.15, -0.1) is 0 Å². The van der Waals surface area contributed by atoms with Crippen LogP contribution < -0.4 is 0 Å². The molecule has 0 amide bonds. The van der Waals surface area contributed by atoms with E-state index >= 15 is 0 Å². The van der Waals surface area contributed by atoms with Gasteiger partial charge in [0.05, 0.1) is 5.75 Å². The van der Waals surface area contributed by atoms with Crippen molar-refractivity contribution < 1.29 is 4.79 Å². The summed E-state index contributed by atoms with van der Waals surface area (Å²) in [7, 11) is 0. The Labute approximate surface area is 129 Å². The molecule has 0 N–H and O–H groups in total. The van der Waals surface area contributed by atoms with Gasteiger partial charge in [0, 0.05) is 17.0 Å². The summed E-state index contributed by atoms with van der Waals surface area (Å²) >= 11 is 1.41. The molecule has 3 nitrogen and oxygen atoms in total. The van der Waals surface area contributed by atoms with Crippen LogP contribution in [0.25, 0.3) is 0 Å². The molecule has 0 bridgehead atoms. The molecule has 0 aliphatic heterocycles. The molecule has 0 saturated heterocycles. The Bertz CT molecular complexity index is 677.